The van der Waals surface area contributed by atoms with Gasteiger partial charge in [0.2, 0.25) is 11.8 Å². The number of ether oxygens (including phenoxy) is 1. The second kappa shape index (κ2) is 17.6. The van der Waals surface area contributed by atoms with Crippen LogP contribution in [0.2, 0.25) is 0 Å². The van der Waals surface area contributed by atoms with Crippen LogP contribution in [0.1, 0.15) is 56.3 Å². The fraction of sp³-hybridized carbons (Fsp3) is 0.205. The molecule has 9 nitrogen and oxygen atoms in total. The topological polar surface area (TPSA) is 111 Å². The number of rotatable bonds is 14. The predicted octanol–water partition coefficient (Wildman–Crippen LogP) is 9.87. The maximum Gasteiger partial charge on any atom is 0.237 e. The molecule has 2 N–H and O–H groups in total. The summed E-state index contributed by atoms with van der Waals surface area (Å²) < 4.78 is 9.77. The van der Waals surface area contributed by atoms with Gasteiger partial charge in [0.05, 0.1) is 27.3 Å². The van der Waals surface area contributed by atoms with E-state index in [0.29, 0.717) is 16.7 Å². The van der Waals surface area contributed by atoms with Crippen molar-refractivity contribution in [3.8, 4) is 11.4 Å². The Morgan fingerprint density at radius 3 is 2.11 bits per heavy atom. The van der Waals surface area contributed by atoms with Crippen molar-refractivity contribution in [2.24, 2.45) is 0 Å². The van der Waals surface area contributed by atoms with E-state index in [1.54, 1.807) is 0 Å². The largest absolute Gasteiger partial charge is 0.486 e. The molecule has 0 aliphatic rings. The third kappa shape index (κ3) is 9.68. The minimum atomic E-state index is -0.488. The molecule has 7 rings (SSSR count). The van der Waals surface area contributed by atoms with Crippen LogP contribution in [0, 0.1) is 0 Å². The van der Waals surface area contributed by atoms with Crippen LogP contribution in [0.3, 0.4) is 0 Å². The van der Waals surface area contributed by atoms with E-state index >= 15 is 0 Å². The van der Waals surface area contributed by atoms with E-state index in [1.807, 2.05) is 133 Å². The number of hydrogen-bond acceptors (Lipinski definition) is 9. The van der Waals surface area contributed by atoms with E-state index in [9.17, 15) is 9.59 Å². The van der Waals surface area contributed by atoms with Crippen LogP contribution in [0.15, 0.2) is 143 Å². The molecule has 0 radical (unpaired) electrons. The lowest BCUT2D eigenvalue weighted by molar-refractivity contribution is -0.119. The molecule has 7 aromatic rings. The summed E-state index contributed by atoms with van der Waals surface area (Å²) >= 11 is 4.22. The van der Waals surface area contributed by atoms with Crippen molar-refractivity contribution in [3.05, 3.63) is 156 Å². The Bertz CT molecular complexity index is 2360. The number of nitrogens with one attached hydrogen (secondary N) is 2. The summed E-state index contributed by atoms with van der Waals surface area (Å²) in [7, 11) is 0. The van der Waals surface area contributed by atoms with Crippen LogP contribution in [-0.4, -0.2) is 42.6 Å². The number of amides is 2. The number of fused-ring (bicyclic) bond motifs is 1. The zero-order chi connectivity index (χ0) is 39.1. The molecule has 2 amide bonds. The molecule has 0 saturated heterocycles. The number of benzene rings is 5. The van der Waals surface area contributed by atoms with Crippen molar-refractivity contribution >= 4 is 62.6 Å². The molecule has 0 unspecified atom stereocenters. The fourth-order valence-corrected chi connectivity index (χ4v) is 8.79. The highest BCUT2D eigenvalue weighted by molar-refractivity contribution is 8.01. The summed E-state index contributed by atoms with van der Waals surface area (Å²) in [6, 6.07) is 43.3. The van der Waals surface area contributed by atoms with E-state index in [2.05, 4.69) is 53.7 Å². The molecule has 0 bridgehead atoms. The van der Waals surface area contributed by atoms with Gasteiger partial charge in [-0.05, 0) is 71.5 Å². The number of carbonyl (C=O) groups is 2. The molecule has 12 heteroatoms. The number of para-hydroxylation sites is 1. The number of thiazole rings is 1. The molecule has 2 heterocycles. The van der Waals surface area contributed by atoms with Gasteiger partial charge < -0.3 is 15.4 Å². The van der Waals surface area contributed by atoms with Gasteiger partial charge in [0, 0.05) is 11.4 Å². The van der Waals surface area contributed by atoms with Gasteiger partial charge in [-0.1, -0.05) is 135 Å². The van der Waals surface area contributed by atoms with Gasteiger partial charge in [-0.25, -0.2) is 4.98 Å². The van der Waals surface area contributed by atoms with Gasteiger partial charge in [0.1, 0.15) is 12.4 Å². The summed E-state index contributed by atoms with van der Waals surface area (Å²) in [4.78, 5) is 31.4. The molecule has 0 fully saturated rings. The Morgan fingerprint density at radius 2 is 1.46 bits per heavy atom. The number of thioether (sulfide) groups is 2. The van der Waals surface area contributed by atoms with Gasteiger partial charge in [-0.3, -0.25) is 14.2 Å². The van der Waals surface area contributed by atoms with Crippen molar-refractivity contribution in [3.63, 3.8) is 0 Å². The van der Waals surface area contributed by atoms with E-state index in [4.69, 9.17) is 9.72 Å². The smallest absolute Gasteiger partial charge is 0.237 e. The first-order valence-corrected chi connectivity index (χ1v) is 20.9. The molecular weight excluding hydrogens is 757 g/mol. The Kier molecular flexibility index (Phi) is 12.2. The van der Waals surface area contributed by atoms with Crippen LogP contribution in [0.4, 0.5) is 5.69 Å². The van der Waals surface area contributed by atoms with Crippen molar-refractivity contribution in [1.82, 2.24) is 25.1 Å². The summed E-state index contributed by atoms with van der Waals surface area (Å²) in [5, 5.41) is 15.3. The highest BCUT2D eigenvalue weighted by Gasteiger charge is 2.23. The molecule has 0 saturated carbocycles. The van der Waals surface area contributed by atoms with Gasteiger partial charge >= 0.3 is 0 Å². The highest BCUT2D eigenvalue weighted by atomic mass is 32.2. The minimum Gasteiger partial charge on any atom is -0.486 e. The quantitative estimate of drug-likeness (QED) is 0.105. The highest BCUT2D eigenvalue weighted by Crippen LogP contribution is 2.33. The van der Waals surface area contributed by atoms with Crippen LogP contribution in [0.25, 0.3) is 15.9 Å². The summed E-state index contributed by atoms with van der Waals surface area (Å²) in [5.74, 6) is 1.34. The molecule has 0 aliphatic heterocycles. The molecule has 1 atom stereocenters. The van der Waals surface area contributed by atoms with Gasteiger partial charge in [0.15, 0.2) is 15.3 Å². The SMILES string of the molecule is C[C@@H](Sc1nnc(COc2ccc(C(C)(C)C)cc2)n1-c1ccccc1)C(=O)Nc1ccc2nc(SCC(=O)NC(c3ccccc3)c3ccccc3)sc2c1. The first kappa shape index (κ1) is 38.8. The fourth-order valence-electron chi connectivity index (χ4n) is 5.98. The standard InChI is InChI=1S/C44H42N6O3S3/c1-29(55-42-49-48-38(50(42)34-18-12-7-13-19-34)27-53-35-23-20-32(21-24-35)44(2,3)4)41(52)45-33-22-25-36-37(26-33)56-43(46-36)54-28-39(51)47-40(30-14-8-5-9-15-30)31-16-10-6-11-17-31/h5-26,29,40H,27-28H2,1-4H3,(H,45,52)(H,47,51)/t29-/m1/s1. The number of anilines is 1. The van der Waals surface area contributed by atoms with Crippen LogP contribution in [0.5, 0.6) is 5.75 Å². The molecule has 0 spiro atoms. The normalized spacial score (nSPS) is 12.1. The molecule has 2 aromatic heterocycles. The molecule has 5 aromatic carbocycles. The summed E-state index contributed by atoms with van der Waals surface area (Å²) in [6.45, 7) is 8.60. The van der Waals surface area contributed by atoms with Crippen LogP contribution >= 0.6 is 34.9 Å². The molecule has 284 valence electrons. The number of nitrogens with zero attached hydrogens (tertiary/aromatic N) is 4. The Hall–Kier alpha value is -5.43. The van der Waals surface area contributed by atoms with Gasteiger partial charge in [-0.2, -0.15) is 0 Å². The van der Waals surface area contributed by atoms with E-state index in [0.717, 1.165) is 37.1 Å². The van der Waals surface area contributed by atoms with Crippen molar-refractivity contribution in [2.75, 3.05) is 11.1 Å². The average molecular weight is 799 g/mol. The van der Waals surface area contributed by atoms with Crippen molar-refractivity contribution in [2.45, 2.75) is 60.5 Å². The predicted molar refractivity (Wildman–Crippen MR) is 228 cm³/mol. The maximum absolute atomic E-state index is 13.5. The average Bonchev–Trinajstić information content (AvgIpc) is 3.82. The van der Waals surface area contributed by atoms with Crippen molar-refractivity contribution in [1.29, 1.82) is 0 Å². The zero-order valence-corrected chi connectivity index (χ0v) is 34.0. The Morgan fingerprint density at radius 1 is 0.821 bits per heavy atom. The lowest BCUT2D eigenvalue weighted by Crippen LogP contribution is -2.30. The lowest BCUT2D eigenvalue weighted by Gasteiger charge is -2.19. The first-order valence-electron chi connectivity index (χ1n) is 18.2. The maximum atomic E-state index is 13.5. The third-order valence-corrected chi connectivity index (χ3v) is 12.2. The third-order valence-electron chi connectivity index (χ3n) is 8.99. The van der Waals surface area contributed by atoms with Crippen LogP contribution < -0.4 is 15.4 Å². The summed E-state index contributed by atoms with van der Waals surface area (Å²) in [6.07, 6.45) is 0. The van der Waals surface area contributed by atoms with Gasteiger partial charge in [0.25, 0.3) is 0 Å². The van der Waals surface area contributed by atoms with Crippen LogP contribution in [-0.2, 0) is 21.6 Å². The number of hydrogen-bond donors (Lipinski definition) is 2. The second-order valence-corrected chi connectivity index (χ2v) is 17.7. The van der Waals surface area contributed by atoms with E-state index in [-0.39, 0.29) is 35.6 Å². The lowest BCUT2D eigenvalue weighted by atomic mass is 9.87. The first-order chi connectivity index (χ1) is 27.1. The van der Waals surface area contributed by atoms with Crippen molar-refractivity contribution < 1.29 is 14.3 Å². The molecular formula is C44H42N6O3S3. The Labute approximate surface area is 339 Å². The Balaban J connectivity index is 0.978. The molecule has 0 aliphatic carbocycles. The second-order valence-electron chi connectivity index (χ2n) is 14.2. The zero-order valence-electron chi connectivity index (χ0n) is 31.5. The number of carbonyl (C=O) groups excluding carboxylic acids is 2. The van der Waals surface area contributed by atoms with E-state index in [1.165, 1.54) is 40.4 Å². The monoisotopic (exact) mass is 798 g/mol. The number of aromatic nitrogens is 4. The summed E-state index contributed by atoms with van der Waals surface area (Å²) in [5.41, 5.74) is 5.67. The molecule has 56 heavy (non-hydrogen) atoms. The van der Waals surface area contributed by atoms with E-state index < -0.39 is 5.25 Å². The van der Waals surface area contributed by atoms with Gasteiger partial charge in [-0.15, -0.1) is 21.5 Å². The minimum absolute atomic E-state index is 0.0513.